The number of pyridine rings is 1. The fraction of sp³-hybridized carbons (Fsp3) is 0.312. The summed E-state index contributed by atoms with van der Waals surface area (Å²) < 4.78 is 1.72. The lowest BCUT2D eigenvalue weighted by molar-refractivity contribution is 0.269. The molecule has 7 heteroatoms. The SMILES string of the molecule is Cc1nc(-c2cccnc2)sc1C(C)Nc1cnn(CCO)c1. The van der Waals surface area contributed by atoms with E-state index in [0.29, 0.717) is 6.54 Å². The smallest absolute Gasteiger partial charge is 0.125 e. The minimum atomic E-state index is 0.0824. The minimum Gasteiger partial charge on any atom is -0.394 e. The summed E-state index contributed by atoms with van der Waals surface area (Å²) in [7, 11) is 0. The highest BCUT2D eigenvalue weighted by atomic mass is 32.1. The quantitative estimate of drug-likeness (QED) is 0.727. The van der Waals surface area contributed by atoms with Crippen LogP contribution in [0.4, 0.5) is 5.69 Å². The van der Waals surface area contributed by atoms with Crippen LogP contribution >= 0.6 is 11.3 Å². The molecule has 0 bridgehead atoms. The van der Waals surface area contributed by atoms with Gasteiger partial charge in [0.25, 0.3) is 0 Å². The number of nitrogens with one attached hydrogen (secondary N) is 1. The van der Waals surface area contributed by atoms with Crippen molar-refractivity contribution in [2.45, 2.75) is 26.4 Å². The van der Waals surface area contributed by atoms with E-state index in [1.807, 2.05) is 31.5 Å². The summed E-state index contributed by atoms with van der Waals surface area (Å²) in [6.07, 6.45) is 7.26. The van der Waals surface area contributed by atoms with Crippen LogP contribution in [0.5, 0.6) is 0 Å². The molecule has 2 N–H and O–H groups in total. The van der Waals surface area contributed by atoms with Crippen LogP contribution in [-0.4, -0.2) is 31.5 Å². The summed E-state index contributed by atoms with van der Waals surface area (Å²) >= 11 is 1.68. The van der Waals surface area contributed by atoms with Gasteiger partial charge in [0.05, 0.1) is 36.8 Å². The third-order valence-corrected chi connectivity index (χ3v) is 4.87. The number of anilines is 1. The Labute approximate surface area is 138 Å². The second kappa shape index (κ2) is 6.89. The van der Waals surface area contributed by atoms with Crippen LogP contribution in [0.1, 0.15) is 23.5 Å². The minimum absolute atomic E-state index is 0.0824. The molecule has 0 aliphatic heterocycles. The molecule has 0 aliphatic rings. The van der Waals surface area contributed by atoms with Gasteiger partial charge >= 0.3 is 0 Å². The molecule has 0 aliphatic carbocycles. The Morgan fingerprint density at radius 1 is 1.39 bits per heavy atom. The zero-order chi connectivity index (χ0) is 16.2. The summed E-state index contributed by atoms with van der Waals surface area (Å²) in [4.78, 5) is 10.0. The third-order valence-electron chi connectivity index (χ3n) is 3.48. The molecular formula is C16H19N5OS. The van der Waals surface area contributed by atoms with Gasteiger partial charge in [-0.15, -0.1) is 11.3 Å². The van der Waals surface area contributed by atoms with Crippen molar-refractivity contribution in [3.05, 3.63) is 47.5 Å². The lowest BCUT2D eigenvalue weighted by atomic mass is 10.2. The van der Waals surface area contributed by atoms with Crippen molar-refractivity contribution in [3.63, 3.8) is 0 Å². The zero-order valence-electron chi connectivity index (χ0n) is 13.1. The van der Waals surface area contributed by atoms with E-state index in [1.165, 1.54) is 4.88 Å². The third kappa shape index (κ3) is 3.57. The van der Waals surface area contributed by atoms with Gasteiger partial charge in [0.2, 0.25) is 0 Å². The molecule has 1 unspecified atom stereocenters. The monoisotopic (exact) mass is 329 g/mol. The number of aromatic nitrogens is 4. The maximum Gasteiger partial charge on any atom is 0.125 e. The van der Waals surface area contributed by atoms with Crippen molar-refractivity contribution in [1.82, 2.24) is 19.7 Å². The summed E-state index contributed by atoms with van der Waals surface area (Å²) in [5, 5.41) is 17.6. The van der Waals surface area contributed by atoms with E-state index in [4.69, 9.17) is 5.11 Å². The maximum absolute atomic E-state index is 8.94. The standard InChI is InChI=1S/C16H19N5OS/c1-11(19-14-9-18-21(10-14)6-7-22)15-12(2)20-16(23-15)13-4-3-5-17-8-13/h3-5,8-11,19,22H,6-7H2,1-2H3. The molecule has 3 aromatic rings. The lowest BCUT2D eigenvalue weighted by Crippen LogP contribution is -2.06. The van der Waals surface area contributed by atoms with E-state index in [1.54, 1.807) is 28.4 Å². The summed E-state index contributed by atoms with van der Waals surface area (Å²) in [6.45, 7) is 4.72. The highest BCUT2D eigenvalue weighted by molar-refractivity contribution is 7.15. The van der Waals surface area contributed by atoms with Crippen LogP contribution in [0.3, 0.4) is 0 Å². The van der Waals surface area contributed by atoms with Gasteiger partial charge in [-0.3, -0.25) is 9.67 Å². The number of nitrogens with zero attached hydrogens (tertiary/aromatic N) is 4. The first-order chi connectivity index (χ1) is 11.2. The van der Waals surface area contributed by atoms with Gasteiger partial charge < -0.3 is 10.4 Å². The van der Waals surface area contributed by atoms with Crippen molar-refractivity contribution in [1.29, 1.82) is 0 Å². The first-order valence-corrected chi connectivity index (χ1v) is 8.26. The van der Waals surface area contributed by atoms with Crippen LogP contribution in [-0.2, 0) is 6.54 Å². The molecule has 0 fully saturated rings. The molecule has 3 rings (SSSR count). The summed E-state index contributed by atoms with van der Waals surface area (Å²) in [5.74, 6) is 0. The first kappa shape index (κ1) is 15.6. The topological polar surface area (TPSA) is 75.9 Å². The predicted octanol–water partition coefficient (Wildman–Crippen LogP) is 2.88. The van der Waals surface area contributed by atoms with E-state index in [2.05, 4.69) is 27.3 Å². The molecule has 0 saturated heterocycles. The Hall–Kier alpha value is -2.25. The fourth-order valence-electron chi connectivity index (χ4n) is 2.40. The number of thiazole rings is 1. The summed E-state index contributed by atoms with van der Waals surface area (Å²) in [5.41, 5.74) is 2.99. The molecule has 0 spiro atoms. The van der Waals surface area contributed by atoms with Crippen LogP contribution in [0.15, 0.2) is 36.9 Å². The van der Waals surface area contributed by atoms with Crippen LogP contribution in [0.25, 0.3) is 10.6 Å². The molecular weight excluding hydrogens is 310 g/mol. The average molecular weight is 329 g/mol. The molecule has 0 aromatic carbocycles. The second-order valence-corrected chi connectivity index (χ2v) is 6.32. The maximum atomic E-state index is 8.94. The molecule has 23 heavy (non-hydrogen) atoms. The van der Waals surface area contributed by atoms with Crippen molar-refractivity contribution in [3.8, 4) is 10.6 Å². The number of aliphatic hydroxyl groups excluding tert-OH is 1. The van der Waals surface area contributed by atoms with Crippen LogP contribution in [0.2, 0.25) is 0 Å². The Morgan fingerprint density at radius 2 is 2.26 bits per heavy atom. The average Bonchev–Trinajstić information content (AvgIpc) is 3.15. The summed E-state index contributed by atoms with van der Waals surface area (Å²) in [6, 6.07) is 4.07. The van der Waals surface area contributed by atoms with Crippen LogP contribution in [0, 0.1) is 6.92 Å². The van der Waals surface area contributed by atoms with E-state index < -0.39 is 0 Å². The Bertz CT molecular complexity index is 768. The van der Waals surface area contributed by atoms with E-state index in [9.17, 15) is 0 Å². The molecule has 3 heterocycles. The molecule has 0 amide bonds. The van der Waals surface area contributed by atoms with Gasteiger partial charge in [-0.2, -0.15) is 5.10 Å². The van der Waals surface area contributed by atoms with E-state index >= 15 is 0 Å². The van der Waals surface area contributed by atoms with Crippen molar-refractivity contribution >= 4 is 17.0 Å². The number of hydrogen-bond donors (Lipinski definition) is 2. The Balaban J connectivity index is 1.76. The second-order valence-electron chi connectivity index (χ2n) is 5.29. The predicted molar refractivity (Wildman–Crippen MR) is 91.4 cm³/mol. The largest absolute Gasteiger partial charge is 0.394 e. The molecule has 0 saturated carbocycles. The highest BCUT2D eigenvalue weighted by Gasteiger charge is 2.16. The van der Waals surface area contributed by atoms with Gasteiger partial charge in [-0.25, -0.2) is 4.98 Å². The first-order valence-electron chi connectivity index (χ1n) is 7.45. The Morgan fingerprint density at radius 3 is 3.00 bits per heavy atom. The number of hydrogen-bond acceptors (Lipinski definition) is 6. The van der Waals surface area contributed by atoms with Crippen molar-refractivity contribution in [2.24, 2.45) is 0 Å². The van der Waals surface area contributed by atoms with E-state index in [-0.39, 0.29) is 12.6 Å². The highest BCUT2D eigenvalue weighted by Crippen LogP contribution is 2.32. The molecule has 3 aromatic heterocycles. The van der Waals surface area contributed by atoms with Gasteiger partial charge in [0, 0.05) is 29.0 Å². The fourth-order valence-corrected chi connectivity index (χ4v) is 3.46. The van der Waals surface area contributed by atoms with Gasteiger partial charge in [-0.1, -0.05) is 0 Å². The van der Waals surface area contributed by atoms with Crippen molar-refractivity contribution in [2.75, 3.05) is 11.9 Å². The molecule has 6 nitrogen and oxygen atoms in total. The van der Waals surface area contributed by atoms with Gasteiger partial charge in [0.1, 0.15) is 5.01 Å². The van der Waals surface area contributed by atoms with Gasteiger partial charge in [0.15, 0.2) is 0 Å². The van der Waals surface area contributed by atoms with Crippen molar-refractivity contribution < 1.29 is 5.11 Å². The number of rotatable bonds is 6. The molecule has 120 valence electrons. The molecule has 1 atom stereocenters. The lowest BCUT2D eigenvalue weighted by Gasteiger charge is -2.12. The number of aliphatic hydroxyl groups is 1. The van der Waals surface area contributed by atoms with Crippen LogP contribution < -0.4 is 5.32 Å². The molecule has 0 radical (unpaired) electrons. The zero-order valence-corrected chi connectivity index (χ0v) is 13.9. The normalized spacial score (nSPS) is 12.3. The van der Waals surface area contributed by atoms with E-state index in [0.717, 1.165) is 22.0 Å². The Kier molecular flexibility index (Phi) is 4.68. The van der Waals surface area contributed by atoms with Gasteiger partial charge in [-0.05, 0) is 26.0 Å². The number of aryl methyl sites for hydroxylation is 1.